The average molecular weight is 408 g/mol. The number of rotatable bonds is 2. The highest BCUT2D eigenvalue weighted by atomic mass is 32.1. The van der Waals surface area contributed by atoms with Crippen molar-refractivity contribution in [2.75, 3.05) is 11.1 Å². The lowest BCUT2D eigenvalue weighted by molar-refractivity contribution is 0.103. The number of aromatic nitrogens is 1. The highest BCUT2D eigenvalue weighted by Crippen LogP contribution is 2.40. The van der Waals surface area contributed by atoms with Gasteiger partial charge in [-0.15, -0.1) is 11.3 Å². The topological polar surface area (TPSA) is 68.0 Å². The van der Waals surface area contributed by atoms with Crippen LogP contribution in [0.15, 0.2) is 24.3 Å². The zero-order valence-electron chi connectivity index (χ0n) is 17.8. The molecule has 0 aliphatic heterocycles. The second-order valence-electron chi connectivity index (χ2n) is 9.30. The van der Waals surface area contributed by atoms with Gasteiger partial charge in [-0.05, 0) is 73.3 Å². The summed E-state index contributed by atoms with van der Waals surface area (Å²) in [6, 6.07) is 8.09. The quantitative estimate of drug-likeness (QED) is 0.556. The van der Waals surface area contributed by atoms with Crippen molar-refractivity contribution in [1.29, 1.82) is 0 Å². The Labute approximate surface area is 176 Å². The molecule has 4 nitrogen and oxygen atoms in total. The van der Waals surface area contributed by atoms with Crippen molar-refractivity contribution in [3.05, 3.63) is 51.5 Å². The molecule has 0 radical (unpaired) electrons. The van der Waals surface area contributed by atoms with Crippen LogP contribution >= 0.6 is 11.3 Å². The smallest absolute Gasteiger partial charge is 0.267 e. The van der Waals surface area contributed by atoms with Crippen molar-refractivity contribution in [3.63, 3.8) is 0 Å². The van der Waals surface area contributed by atoms with Crippen LogP contribution in [0.5, 0.6) is 0 Å². The molecular weight excluding hydrogens is 378 g/mol. The Kier molecular flexibility index (Phi) is 4.89. The van der Waals surface area contributed by atoms with Crippen LogP contribution in [0.3, 0.4) is 0 Å². The Bertz CT molecular complexity index is 1110. The van der Waals surface area contributed by atoms with E-state index in [1.54, 1.807) is 0 Å². The summed E-state index contributed by atoms with van der Waals surface area (Å²) >= 11 is 1.39. The Balaban J connectivity index is 1.68. The van der Waals surface area contributed by atoms with Crippen molar-refractivity contribution in [2.45, 2.75) is 53.9 Å². The Morgan fingerprint density at radius 3 is 2.76 bits per heavy atom. The number of nitrogens with two attached hydrogens (primary N) is 1. The third-order valence-electron chi connectivity index (χ3n) is 6.37. The van der Waals surface area contributed by atoms with Crippen molar-refractivity contribution < 1.29 is 4.79 Å². The number of carbonyl (C=O) groups excluding carboxylic acids is 1. The molecule has 1 aromatic carbocycles. The lowest BCUT2D eigenvalue weighted by Gasteiger charge is -2.34. The number of carbonyl (C=O) groups is 1. The third kappa shape index (κ3) is 3.64. The maximum Gasteiger partial charge on any atom is 0.267 e. The van der Waals surface area contributed by atoms with Crippen LogP contribution in [0, 0.1) is 25.2 Å². The molecule has 1 aliphatic rings. The molecule has 4 rings (SSSR count). The molecule has 2 heterocycles. The summed E-state index contributed by atoms with van der Waals surface area (Å²) in [5.74, 6) is 0.478. The number of amides is 1. The predicted molar refractivity (Wildman–Crippen MR) is 123 cm³/mol. The minimum Gasteiger partial charge on any atom is -0.397 e. The average Bonchev–Trinajstić information content (AvgIpc) is 2.98. The van der Waals surface area contributed by atoms with Crippen LogP contribution in [0.1, 0.15) is 59.2 Å². The van der Waals surface area contributed by atoms with Crippen molar-refractivity contribution in [1.82, 2.24) is 4.98 Å². The summed E-state index contributed by atoms with van der Waals surface area (Å²) < 4.78 is 0. The minimum absolute atomic E-state index is 0.162. The van der Waals surface area contributed by atoms with Crippen LogP contribution in [0.25, 0.3) is 10.2 Å². The molecule has 0 fully saturated rings. The largest absolute Gasteiger partial charge is 0.397 e. The Morgan fingerprint density at radius 2 is 2.03 bits per heavy atom. The number of benzene rings is 1. The number of anilines is 2. The van der Waals surface area contributed by atoms with E-state index in [1.807, 2.05) is 32.0 Å². The van der Waals surface area contributed by atoms with Crippen molar-refractivity contribution >= 4 is 38.8 Å². The van der Waals surface area contributed by atoms with Gasteiger partial charge in [-0.25, -0.2) is 4.98 Å². The van der Waals surface area contributed by atoms with E-state index in [4.69, 9.17) is 10.7 Å². The van der Waals surface area contributed by atoms with Crippen molar-refractivity contribution in [2.24, 2.45) is 11.3 Å². The van der Waals surface area contributed by atoms with E-state index < -0.39 is 0 Å². The molecule has 29 heavy (non-hydrogen) atoms. The molecule has 1 unspecified atom stereocenters. The van der Waals surface area contributed by atoms with Crippen LogP contribution < -0.4 is 11.1 Å². The first-order valence-corrected chi connectivity index (χ1v) is 11.0. The first-order chi connectivity index (χ1) is 13.6. The number of nitrogens with one attached hydrogen (secondary N) is 1. The standard InChI is InChI=1S/C24H29N3OS/c1-13-7-6-8-18(14(13)2)26-22(28)21-20(25)17-12-15-11-16(24(3,4)5)9-10-19(15)27-23(17)29-21/h6-8,12,16H,9-11,25H2,1-5H3,(H,26,28). The second-order valence-corrected chi connectivity index (χ2v) is 10.3. The van der Waals surface area contributed by atoms with Gasteiger partial charge in [-0.3, -0.25) is 4.79 Å². The van der Waals surface area contributed by atoms with Gasteiger partial charge in [0.15, 0.2) is 0 Å². The lowest BCUT2D eigenvalue weighted by atomic mass is 9.71. The summed E-state index contributed by atoms with van der Waals surface area (Å²) in [4.78, 5) is 19.3. The SMILES string of the molecule is Cc1cccc(NC(=O)c2sc3nc4c(cc3c2N)CC(C(C)(C)C)CC4)c1C. The fraction of sp³-hybridized carbons (Fsp3) is 0.417. The van der Waals surface area contributed by atoms with Gasteiger partial charge >= 0.3 is 0 Å². The van der Waals surface area contributed by atoms with Gasteiger partial charge in [0, 0.05) is 16.8 Å². The zero-order chi connectivity index (χ0) is 20.9. The molecule has 1 amide bonds. The highest BCUT2D eigenvalue weighted by Gasteiger charge is 2.30. The van der Waals surface area contributed by atoms with Crippen LogP contribution in [0.2, 0.25) is 0 Å². The molecule has 3 aromatic rings. The molecule has 3 N–H and O–H groups in total. The molecule has 0 saturated carbocycles. The predicted octanol–water partition coefficient (Wildman–Crippen LogP) is 5.90. The number of hydrogen-bond acceptors (Lipinski definition) is 4. The van der Waals surface area contributed by atoms with Crippen LogP contribution in [-0.2, 0) is 12.8 Å². The third-order valence-corrected chi connectivity index (χ3v) is 7.48. The molecule has 5 heteroatoms. The van der Waals surface area contributed by atoms with E-state index in [0.29, 0.717) is 16.5 Å². The number of thiophene rings is 1. The molecule has 0 saturated heterocycles. The monoisotopic (exact) mass is 407 g/mol. The maximum atomic E-state index is 13.0. The number of nitrogens with zero attached hydrogens (tertiary/aromatic N) is 1. The number of nitrogen functional groups attached to an aromatic ring is 1. The van der Waals surface area contributed by atoms with Crippen LogP contribution in [0.4, 0.5) is 11.4 Å². The number of aryl methyl sites for hydroxylation is 2. The molecule has 0 bridgehead atoms. The molecule has 1 atom stereocenters. The fourth-order valence-electron chi connectivity index (χ4n) is 4.16. The molecular formula is C24H29N3OS. The summed E-state index contributed by atoms with van der Waals surface area (Å²) in [7, 11) is 0. The highest BCUT2D eigenvalue weighted by molar-refractivity contribution is 7.21. The molecule has 0 spiro atoms. The van der Waals surface area contributed by atoms with E-state index >= 15 is 0 Å². The van der Waals surface area contributed by atoms with Gasteiger partial charge in [0.2, 0.25) is 0 Å². The molecule has 152 valence electrons. The lowest BCUT2D eigenvalue weighted by Crippen LogP contribution is -2.27. The number of fused-ring (bicyclic) bond motifs is 2. The number of hydrogen-bond donors (Lipinski definition) is 2. The second kappa shape index (κ2) is 7.13. The van der Waals surface area contributed by atoms with E-state index in [1.165, 1.54) is 22.6 Å². The Morgan fingerprint density at radius 1 is 1.28 bits per heavy atom. The van der Waals surface area contributed by atoms with Gasteiger partial charge in [0.1, 0.15) is 9.71 Å². The van der Waals surface area contributed by atoms with Crippen LogP contribution in [-0.4, -0.2) is 10.9 Å². The molecule has 2 aromatic heterocycles. The van der Waals surface area contributed by atoms with E-state index in [2.05, 4.69) is 32.2 Å². The molecule has 1 aliphatic carbocycles. The normalized spacial score (nSPS) is 16.7. The van der Waals surface area contributed by atoms with Crippen molar-refractivity contribution in [3.8, 4) is 0 Å². The zero-order valence-corrected chi connectivity index (χ0v) is 18.7. The first kappa shape index (κ1) is 19.9. The van der Waals surface area contributed by atoms with E-state index in [0.717, 1.165) is 46.3 Å². The summed E-state index contributed by atoms with van der Waals surface area (Å²) in [6.45, 7) is 11.0. The summed E-state index contributed by atoms with van der Waals surface area (Å²) in [5, 5.41) is 3.94. The van der Waals surface area contributed by atoms with Gasteiger partial charge in [-0.1, -0.05) is 32.9 Å². The first-order valence-electron chi connectivity index (χ1n) is 10.2. The minimum atomic E-state index is -0.162. The van der Waals surface area contributed by atoms with Gasteiger partial charge < -0.3 is 11.1 Å². The maximum absolute atomic E-state index is 13.0. The Hall–Kier alpha value is -2.40. The van der Waals surface area contributed by atoms with Gasteiger partial charge in [0.05, 0.1) is 5.69 Å². The summed E-state index contributed by atoms with van der Waals surface area (Å²) in [5.41, 5.74) is 12.7. The number of pyridine rings is 1. The van der Waals surface area contributed by atoms with Gasteiger partial charge in [-0.2, -0.15) is 0 Å². The van der Waals surface area contributed by atoms with Gasteiger partial charge in [0.25, 0.3) is 5.91 Å². The van der Waals surface area contributed by atoms with E-state index in [-0.39, 0.29) is 11.3 Å². The van der Waals surface area contributed by atoms with E-state index in [9.17, 15) is 4.79 Å². The summed E-state index contributed by atoms with van der Waals surface area (Å²) in [6.07, 6.45) is 3.19. The fourth-order valence-corrected chi connectivity index (χ4v) is 5.16.